The summed E-state index contributed by atoms with van der Waals surface area (Å²) in [4.78, 5) is 2.15. The lowest BCUT2D eigenvalue weighted by atomic mass is 10.1. The van der Waals surface area contributed by atoms with Gasteiger partial charge in [0.05, 0.1) is 0 Å². The fourth-order valence-corrected chi connectivity index (χ4v) is 1.97. The highest BCUT2D eigenvalue weighted by Gasteiger charge is 2.19. The average molecular weight is 257 g/mol. The highest BCUT2D eigenvalue weighted by molar-refractivity contribution is 5.25. The molecule has 1 aliphatic rings. The topological polar surface area (TPSA) is 12.5 Å². The molecule has 1 atom stereocenters. The third-order valence-electron chi connectivity index (χ3n) is 2.77. The van der Waals surface area contributed by atoms with Crippen LogP contribution in [0.2, 0.25) is 0 Å². The van der Waals surface area contributed by atoms with Crippen molar-refractivity contribution in [1.82, 2.24) is 4.90 Å². The van der Waals surface area contributed by atoms with E-state index in [1.54, 1.807) is 0 Å². The summed E-state index contributed by atoms with van der Waals surface area (Å²) in [6.45, 7) is 5.84. The number of halogens is 2. The summed E-state index contributed by atoms with van der Waals surface area (Å²) in [5.41, 5.74) is 0. The lowest BCUT2D eigenvalue weighted by Crippen LogP contribution is -2.38. The zero-order chi connectivity index (χ0) is 13.5. The van der Waals surface area contributed by atoms with Crippen LogP contribution in [-0.4, -0.2) is 31.1 Å². The summed E-state index contributed by atoms with van der Waals surface area (Å²) in [5.74, 6) is -1.07. The molecule has 4 heteroatoms. The zero-order valence-corrected chi connectivity index (χ0v) is 11.2. The largest absolute Gasteiger partial charge is 0.486 e. The fourth-order valence-electron chi connectivity index (χ4n) is 1.97. The minimum atomic E-state index is -0.631. The van der Waals surface area contributed by atoms with Crippen LogP contribution in [0.1, 0.15) is 26.7 Å². The molecule has 0 saturated carbocycles. The summed E-state index contributed by atoms with van der Waals surface area (Å²) in [5, 5.41) is 0. The van der Waals surface area contributed by atoms with E-state index in [0.29, 0.717) is 0 Å². The van der Waals surface area contributed by atoms with Crippen LogP contribution in [0, 0.1) is 11.6 Å². The minimum absolute atomic E-state index is 0.00119. The van der Waals surface area contributed by atoms with E-state index in [1.807, 2.05) is 20.9 Å². The van der Waals surface area contributed by atoms with Gasteiger partial charge in [-0.05, 0) is 38.6 Å². The van der Waals surface area contributed by atoms with Crippen LogP contribution in [0.5, 0.6) is 5.75 Å². The molecule has 0 N–H and O–H groups in total. The molecule has 0 aromatic heterocycles. The molecular formula is C14H21F2NO. The molecule has 1 heterocycles. The van der Waals surface area contributed by atoms with Crippen LogP contribution in [0.15, 0.2) is 18.2 Å². The molecular weight excluding hydrogens is 236 g/mol. The van der Waals surface area contributed by atoms with E-state index in [4.69, 9.17) is 4.74 Å². The van der Waals surface area contributed by atoms with Crippen LogP contribution < -0.4 is 4.74 Å². The van der Waals surface area contributed by atoms with Gasteiger partial charge in [-0.1, -0.05) is 13.8 Å². The van der Waals surface area contributed by atoms with Crippen LogP contribution >= 0.6 is 0 Å². The van der Waals surface area contributed by atoms with E-state index >= 15 is 0 Å². The second-order valence-corrected chi connectivity index (χ2v) is 4.22. The van der Waals surface area contributed by atoms with Crippen LogP contribution in [-0.2, 0) is 0 Å². The Morgan fingerprint density at radius 3 is 2.61 bits per heavy atom. The van der Waals surface area contributed by atoms with Gasteiger partial charge < -0.3 is 9.64 Å². The second kappa shape index (κ2) is 7.31. The molecule has 2 rings (SSSR count). The first-order valence-electron chi connectivity index (χ1n) is 6.45. The molecule has 2 nitrogen and oxygen atoms in total. The number of rotatable bonds is 2. The van der Waals surface area contributed by atoms with E-state index in [0.717, 1.165) is 32.0 Å². The van der Waals surface area contributed by atoms with E-state index < -0.39 is 11.6 Å². The molecule has 0 amide bonds. The number of likely N-dealkylation sites (tertiary alicyclic amines) is 1. The molecule has 1 aromatic carbocycles. The van der Waals surface area contributed by atoms with E-state index in [1.165, 1.54) is 12.1 Å². The summed E-state index contributed by atoms with van der Waals surface area (Å²) >= 11 is 0. The maximum absolute atomic E-state index is 13.3. The summed E-state index contributed by atoms with van der Waals surface area (Å²) < 4.78 is 31.5. The zero-order valence-electron chi connectivity index (χ0n) is 11.2. The van der Waals surface area contributed by atoms with Gasteiger partial charge in [0, 0.05) is 12.6 Å². The molecule has 0 radical (unpaired) electrons. The average Bonchev–Trinajstić information content (AvgIpc) is 2.35. The number of hydrogen-bond acceptors (Lipinski definition) is 2. The van der Waals surface area contributed by atoms with Crippen molar-refractivity contribution in [2.24, 2.45) is 0 Å². The number of ether oxygens (including phenoxy) is 1. The van der Waals surface area contributed by atoms with Gasteiger partial charge in [0.2, 0.25) is 0 Å². The molecule has 1 aromatic rings. The van der Waals surface area contributed by atoms with Crippen LogP contribution in [0.4, 0.5) is 8.78 Å². The Morgan fingerprint density at radius 1 is 1.28 bits per heavy atom. The predicted molar refractivity (Wildman–Crippen MR) is 68.9 cm³/mol. The first kappa shape index (κ1) is 14.9. The SMILES string of the molecule is CC.CN1CCCC(Oc2ccc(F)cc2F)C1. The summed E-state index contributed by atoms with van der Waals surface area (Å²) in [6, 6.07) is 3.41. The molecule has 1 aliphatic heterocycles. The van der Waals surface area contributed by atoms with E-state index in [2.05, 4.69) is 4.90 Å². The molecule has 0 aliphatic carbocycles. The Morgan fingerprint density at radius 2 is 2.00 bits per heavy atom. The summed E-state index contributed by atoms with van der Waals surface area (Å²) in [6.07, 6.45) is 1.96. The van der Waals surface area contributed by atoms with Crippen molar-refractivity contribution < 1.29 is 13.5 Å². The van der Waals surface area contributed by atoms with Gasteiger partial charge in [-0.3, -0.25) is 0 Å². The number of piperidine rings is 1. The van der Waals surface area contributed by atoms with Crippen molar-refractivity contribution in [1.29, 1.82) is 0 Å². The van der Waals surface area contributed by atoms with Gasteiger partial charge in [0.15, 0.2) is 11.6 Å². The van der Waals surface area contributed by atoms with Crippen molar-refractivity contribution in [2.45, 2.75) is 32.8 Å². The Labute approximate surface area is 108 Å². The Kier molecular flexibility index (Phi) is 6.05. The normalized spacial score (nSPS) is 19.9. The third-order valence-corrected chi connectivity index (χ3v) is 2.77. The second-order valence-electron chi connectivity index (χ2n) is 4.22. The molecule has 0 bridgehead atoms. The first-order chi connectivity index (χ1) is 8.65. The monoisotopic (exact) mass is 257 g/mol. The first-order valence-corrected chi connectivity index (χ1v) is 6.45. The molecule has 18 heavy (non-hydrogen) atoms. The highest BCUT2D eigenvalue weighted by atomic mass is 19.1. The van der Waals surface area contributed by atoms with Crippen molar-refractivity contribution in [3.05, 3.63) is 29.8 Å². The maximum atomic E-state index is 13.3. The Bertz CT molecular complexity index is 371. The minimum Gasteiger partial charge on any atom is -0.486 e. The maximum Gasteiger partial charge on any atom is 0.167 e. The summed E-state index contributed by atoms with van der Waals surface area (Å²) in [7, 11) is 2.01. The number of hydrogen-bond donors (Lipinski definition) is 0. The van der Waals surface area contributed by atoms with Crippen molar-refractivity contribution in [3.8, 4) is 5.75 Å². The van der Waals surface area contributed by atoms with Gasteiger partial charge in [0.25, 0.3) is 0 Å². The van der Waals surface area contributed by atoms with Gasteiger partial charge in [-0.25, -0.2) is 8.78 Å². The Hall–Kier alpha value is -1.16. The van der Waals surface area contributed by atoms with Crippen molar-refractivity contribution >= 4 is 0 Å². The van der Waals surface area contributed by atoms with E-state index in [9.17, 15) is 8.78 Å². The van der Waals surface area contributed by atoms with Crippen LogP contribution in [0.25, 0.3) is 0 Å². The highest BCUT2D eigenvalue weighted by Crippen LogP contribution is 2.21. The predicted octanol–water partition coefficient (Wildman–Crippen LogP) is 3.46. The van der Waals surface area contributed by atoms with Crippen molar-refractivity contribution in [3.63, 3.8) is 0 Å². The molecule has 102 valence electrons. The number of likely N-dealkylation sites (N-methyl/N-ethyl adjacent to an activating group) is 1. The Balaban J connectivity index is 0.000000771. The van der Waals surface area contributed by atoms with Gasteiger partial charge in [-0.2, -0.15) is 0 Å². The standard InChI is InChI=1S/C12H15F2NO.C2H6/c1-15-6-2-3-10(8-15)16-12-5-4-9(13)7-11(12)14;1-2/h4-5,7,10H,2-3,6,8H2,1H3;1-2H3. The fraction of sp³-hybridized carbons (Fsp3) is 0.571. The molecule has 1 fully saturated rings. The third kappa shape index (κ3) is 4.26. The molecule has 1 unspecified atom stereocenters. The number of nitrogens with zero attached hydrogens (tertiary/aromatic N) is 1. The number of benzene rings is 1. The lowest BCUT2D eigenvalue weighted by Gasteiger charge is -2.30. The lowest BCUT2D eigenvalue weighted by molar-refractivity contribution is 0.100. The molecule has 0 spiro atoms. The molecule has 1 saturated heterocycles. The smallest absolute Gasteiger partial charge is 0.167 e. The van der Waals surface area contributed by atoms with E-state index in [-0.39, 0.29) is 11.9 Å². The van der Waals surface area contributed by atoms with Gasteiger partial charge in [0.1, 0.15) is 11.9 Å². The van der Waals surface area contributed by atoms with Gasteiger partial charge in [-0.15, -0.1) is 0 Å². The van der Waals surface area contributed by atoms with Gasteiger partial charge >= 0.3 is 0 Å². The van der Waals surface area contributed by atoms with Crippen molar-refractivity contribution in [2.75, 3.05) is 20.1 Å². The van der Waals surface area contributed by atoms with Crippen LogP contribution in [0.3, 0.4) is 0 Å². The quantitative estimate of drug-likeness (QED) is 0.804.